The fourth-order valence-corrected chi connectivity index (χ4v) is 20.1. The average Bonchev–Trinajstić information content (AvgIpc) is 1.57. The molecule has 4 aromatic heterocycles. The van der Waals surface area contributed by atoms with Crippen LogP contribution >= 0.6 is 22.7 Å². The first-order valence-corrected chi connectivity index (χ1v) is 47.3. The Bertz CT molecular complexity index is 5190. The number of nitrogens with two attached hydrogens (primary N) is 1. The molecule has 6 aromatic rings. The maximum atomic E-state index is 14.8. The summed E-state index contributed by atoms with van der Waals surface area (Å²) in [5.41, 5.74) is 5.39. The lowest BCUT2D eigenvalue weighted by Gasteiger charge is -2.35. The molecule has 0 bridgehead atoms. The predicted octanol–water partition coefficient (Wildman–Crippen LogP) is 11.3. The van der Waals surface area contributed by atoms with E-state index in [1.807, 2.05) is 116 Å². The molecule has 123 heavy (non-hydrogen) atoms. The van der Waals surface area contributed by atoms with Gasteiger partial charge in [-0.05, 0) is 166 Å². The van der Waals surface area contributed by atoms with Gasteiger partial charge in [0.2, 0.25) is 37.8 Å². The van der Waals surface area contributed by atoms with Crippen LogP contribution in [0.5, 0.6) is 23.0 Å². The monoisotopic (exact) mass is 1780 g/mol. The number of aromatic nitrogens is 4. The summed E-state index contributed by atoms with van der Waals surface area (Å²) in [5, 5.41) is 31.9. The predicted molar refractivity (Wildman–Crippen MR) is 467 cm³/mol. The number of ether oxygens (including phenoxy) is 6. The van der Waals surface area contributed by atoms with Gasteiger partial charge < -0.3 is 75.6 Å². The van der Waals surface area contributed by atoms with E-state index in [0.717, 1.165) is 74.5 Å². The van der Waals surface area contributed by atoms with Crippen molar-refractivity contribution in [1.29, 1.82) is 0 Å². The number of likely N-dealkylation sites (tertiary alicyclic amines) is 2. The maximum absolute atomic E-state index is 14.8. The summed E-state index contributed by atoms with van der Waals surface area (Å²) in [6.45, 7) is 19.0. The third-order valence-corrected chi connectivity index (χ3v) is 27.2. The summed E-state index contributed by atoms with van der Waals surface area (Å²) in [7, 11) is -4.30. The molecule has 0 radical (unpaired) electrons. The number of carboxylic acids is 1. The van der Waals surface area contributed by atoms with Gasteiger partial charge >= 0.3 is 18.2 Å². The van der Waals surface area contributed by atoms with Crippen LogP contribution in [0.3, 0.4) is 0 Å². The number of fused-ring (bicyclic) bond motifs is 4. The van der Waals surface area contributed by atoms with Gasteiger partial charge in [0.15, 0.2) is 10.3 Å². The quantitative estimate of drug-likeness (QED) is 0.0302. The zero-order chi connectivity index (χ0) is 88.7. The average molecular weight is 1780 g/mol. The Hall–Kier alpha value is -9.98. The van der Waals surface area contributed by atoms with Crippen LogP contribution in [-0.4, -0.2) is 210 Å². The van der Waals surface area contributed by atoms with Crippen molar-refractivity contribution >= 4 is 122 Å². The van der Waals surface area contributed by atoms with Crippen molar-refractivity contribution in [3.63, 3.8) is 0 Å². The summed E-state index contributed by atoms with van der Waals surface area (Å²) >= 11 is 2.92. The van der Waals surface area contributed by atoms with E-state index in [1.54, 1.807) is 50.6 Å². The van der Waals surface area contributed by atoms with Crippen LogP contribution in [0, 0.1) is 22.7 Å². The standard InChI is InChI=1S/C43H57N7O9S2.C33H43N5O7S.C10H16N2O3S/c1-25(2)44-40-46-33(24-60-40)32-21-35(30-17-16-28(57-6)19-31(30)45-32)58-29-20-34(37(51)48-43-22-26(43)13-9-7-8-12-18-61(55,56)49-39(43)53)50(23-29)38(52)36(42(3,4)5)47-41(54)59-27-14-10-11-15-27;1-18(2)34-31-36-25(17-46-31)24-15-27(22-12-11-20(43-6)13-23(22)35-24)44-21-14-26(30(40)41)38(16-21)29(39)28(33(3,4)5)37-32(42)45-19-9-7-8-10-19;11-10-7-8(10)5-3-1-2-4-6-16(14,15)12-9(10)13/h9,13,16-17,19,21,24-27,29,34,36H,7-8,10-12,14-15,18,20,22-23H2,1-6H3,(H,44,46)(H,47,54)(H,48,51)(H,49,53);11-13,15,17-19,21,26,28H,7-10,14,16H2,1-6H3,(H,34,36)(H,37,42)(H,40,41);3,5,8H,1-2,4,6-7,11H2,(H,12,13)/b13-9-;;5-3-/t26?,29-,34+,36-,43-;21-,26+,28-;8?,10-/m111/s1. The highest BCUT2D eigenvalue weighted by atomic mass is 32.2. The number of carbonyl (C=O) groups is 8. The molecular weight excluding hydrogens is 1660 g/mol. The first-order valence-electron chi connectivity index (χ1n) is 42.3. The number of nitrogens with one attached hydrogen (secondary N) is 7. The zero-order valence-electron chi connectivity index (χ0n) is 71.8. The number of aliphatic carboxylic acids is 1. The van der Waals surface area contributed by atoms with Gasteiger partial charge in [-0.25, -0.2) is 51.2 Å². The van der Waals surface area contributed by atoms with Gasteiger partial charge in [-0.1, -0.05) is 65.8 Å². The highest BCUT2D eigenvalue weighted by molar-refractivity contribution is 7.90. The Morgan fingerprint density at radius 3 is 1.42 bits per heavy atom. The molecule has 8 heterocycles. The molecule has 10 N–H and O–H groups in total. The number of anilines is 2. The van der Waals surface area contributed by atoms with Crippen LogP contribution in [0.2, 0.25) is 0 Å². The first-order chi connectivity index (χ1) is 58.2. The van der Waals surface area contributed by atoms with Crippen LogP contribution in [0.25, 0.3) is 44.6 Å². The molecule has 10 atom stereocenters. The smallest absolute Gasteiger partial charge is 0.408 e. The van der Waals surface area contributed by atoms with Gasteiger partial charge in [-0.3, -0.25) is 33.4 Å². The molecule has 14 rings (SSSR count). The van der Waals surface area contributed by atoms with Gasteiger partial charge in [0.25, 0.3) is 11.8 Å². The number of methoxy groups -OCH3 is 2. The molecule has 4 aliphatic carbocycles. The molecule has 2 aromatic carbocycles. The number of sulfonamides is 2. The van der Waals surface area contributed by atoms with Gasteiger partial charge in [-0.2, -0.15) is 0 Å². The third kappa shape index (κ3) is 23.3. The second-order valence-corrected chi connectivity index (χ2v) is 41.1. The van der Waals surface area contributed by atoms with Crippen molar-refractivity contribution in [3.05, 3.63) is 83.6 Å². The Labute approximate surface area is 725 Å². The van der Waals surface area contributed by atoms with E-state index in [2.05, 4.69) is 36.0 Å². The van der Waals surface area contributed by atoms with Crippen molar-refractivity contribution in [1.82, 2.24) is 55.1 Å². The van der Waals surface area contributed by atoms with E-state index in [4.69, 9.17) is 54.1 Å². The minimum atomic E-state index is -3.95. The van der Waals surface area contributed by atoms with Crippen molar-refractivity contribution in [2.45, 2.75) is 257 Å². The number of benzene rings is 2. The number of thiazole rings is 2. The zero-order valence-corrected chi connectivity index (χ0v) is 75.0. The van der Waals surface area contributed by atoms with E-state index in [0.29, 0.717) is 99.7 Å². The molecule has 2 unspecified atom stereocenters. The van der Waals surface area contributed by atoms with Crippen molar-refractivity contribution in [2.24, 2.45) is 28.4 Å². The summed E-state index contributed by atoms with van der Waals surface area (Å²) in [6.07, 6.45) is 16.2. The Kier molecular flexibility index (Phi) is 29.0. The molecule has 4 saturated carbocycles. The Morgan fingerprint density at radius 2 is 0.992 bits per heavy atom. The maximum Gasteiger partial charge on any atom is 0.408 e. The number of rotatable bonds is 21. The van der Waals surface area contributed by atoms with Crippen LogP contribution in [0.4, 0.5) is 19.9 Å². The molecule has 37 heteroatoms. The number of nitrogens with zero attached hydrogens (tertiary/aromatic N) is 6. The minimum Gasteiger partial charge on any atom is -0.497 e. The second-order valence-electron chi connectivity index (χ2n) is 35.7. The fourth-order valence-electron chi connectivity index (χ4n) is 16.1. The topological polar surface area (TPSA) is 449 Å². The van der Waals surface area contributed by atoms with Gasteiger partial charge in [-0.15, -0.1) is 22.7 Å². The van der Waals surface area contributed by atoms with E-state index in [-0.39, 0.29) is 74.1 Å². The molecule has 8 aliphatic rings. The number of hydrogen-bond acceptors (Lipinski definition) is 27. The number of hydrogen-bond donors (Lipinski definition) is 9. The number of allylic oxidation sites excluding steroid dienone is 2. The molecule has 0 spiro atoms. The lowest BCUT2D eigenvalue weighted by atomic mass is 9.85. The molecular formula is C86H116N14O19S4. The van der Waals surface area contributed by atoms with E-state index >= 15 is 0 Å². The Morgan fingerprint density at radius 1 is 0.561 bits per heavy atom. The van der Waals surface area contributed by atoms with Crippen molar-refractivity contribution < 1.29 is 88.7 Å². The molecule has 2 saturated heterocycles. The highest BCUT2D eigenvalue weighted by Crippen LogP contribution is 2.47. The van der Waals surface area contributed by atoms with E-state index < -0.39 is 132 Å². The van der Waals surface area contributed by atoms with Crippen LogP contribution in [-0.2, 0) is 58.3 Å². The lowest BCUT2D eigenvalue weighted by molar-refractivity contribution is -0.150. The van der Waals surface area contributed by atoms with Crippen molar-refractivity contribution in [2.75, 3.05) is 49.4 Å². The van der Waals surface area contributed by atoms with Crippen LogP contribution in [0.1, 0.15) is 185 Å². The van der Waals surface area contributed by atoms with Gasteiger partial charge in [0.05, 0.1) is 61.2 Å². The fraction of sp³-hybridized carbons (Fsp3) is 0.581. The van der Waals surface area contributed by atoms with Crippen LogP contribution < -0.4 is 60.7 Å². The summed E-state index contributed by atoms with van der Waals surface area (Å²) in [4.78, 5) is 129. The van der Waals surface area contributed by atoms with Gasteiger partial charge in [0, 0.05) is 82.6 Å². The molecule has 33 nitrogen and oxygen atoms in total. The minimum absolute atomic E-state index is 0.00662. The molecule has 7 amide bonds. The number of alkyl carbamates (subject to hydrolysis) is 2. The molecule has 668 valence electrons. The van der Waals surface area contributed by atoms with Crippen LogP contribution in [0.15, 0.2) is 83.6 Å². The highest BCUT2D eigenvalue weighted by Gasteiger charge is 2.62. The lowest BCUT2D eigenvalue weighted by Crippen LogP contribution is -2.60. The SMILES string of the molecule is COc1ccc2c(O[C@@H]3C[C@@H](C(=O)N[C@]45CC4/C=C\CCCCS(=O)(=O)NC5=O)N(C(=O)[C@@H](NC(=O)OC4CCCC4)C(C)(C)C)C3)cc(-c3csc(NC(C)C)n3)nc2c1.COc1ccc2c(O[C@@H]3C[C@@H](C(=O)O)N(C(=O)[C@@H](NC(=O)OC4CCCC4)C(C)(C)C)C3)cc(-c3csc(NC(C)C)n3)nc2c1.N[C@]12CC1/C=C\CCCCS(=O)(=O)NC2=O. The first kappa shape index (κ1) is 92.2. The Balaban J connectivity index is 0.000000195. The van der Waals surface area contributed by atoms with E-state index in [9.17, 15) is 60.3 Å². The van der Waals surface area contributed by atoms with Crippen molar-refractivity contribution in [3.8, 4) is 45.8 Å². The number of amides is 7. The van der Waals surface area contributed by atoms with E-state index in [1.165, 1.54) is 32.5 Å². The number of carbonyl (C=O) groups excluding carboxylic acids is 7. The molecule has 4 aliphatic heterocycles. The van der Waals surface area contributed by atoms with Gasteiger partial charge in [0.1, 0.15) is 94.0 Å². The summed E-state index contributed by atoms with van der Waals surface area (Å²) in [5.74, 6) is -2.72. The number of carboxylic acid groups (broad SMARTS) is 1. The molecule has 6 fully saturated rings. The normalized spacial score (nSPS) is 24.9. The largest absolute Gasteiger partial charge is 0.497 e. The summed E-state index contributed by atoms with van der Waals surface area (Å²) in [6, 6.07) is 10.4. The summed E-state index contributed by atoms with van der Waals surface area (Å²) < 4.78 is 88.5. The number of pyridine rings is 2. The third-order valence-electron chi connectivity index (χ3n) is 23.0. The second kappa shape index (κ2) is 38.6.